The molecule has 7 heteroatoms. The fraction of sp³-hybridized carbons (Fsp3) is 0.235. The zero-order chi connectivity index (χ0) is 16.9. The summed E-state index contributed by atoms with van der Waals surface area (Å²) in [4.78, 5) is 18.3. The van der Waals surface area contributed by atoms with E-state index in [2.05, 4.69) is 10.1 Å². The van der Waals surface area contributed by atoms with Crippen molar-refractivity contribution in [2.24, 2.45) is 7.05 Å². The van der Waals surface area contributed by atoms with E-state index in [9.17, 15) is 4.79 Å². The average molecular weight is 342 g/mol. The SMILES string of the molecule is CN(Cc1cnn(C)c1)C(=O)c1ccc(OCc2cscn2)cc1. The third-order valence-corrected chi connectivity index (χ3v) is 4.13. The predicted octanol–water partition coefficient (Wildman–Crippen LogP) is 2.73. The van der Waals surface area contributed by atoms with Gasteiger partial charge in [0.15, 0.2) is 0 Å². The normalized spacial score (nSPS) is 10.6. The van der Waals surface area contributed by atoms with Gasteiger partial charge in [0.1, 0.15) is 12.4 Å². The molecule has 24 heavy (non-hydrogen) atoms. The molecule has 0 bridgehead atoms. The Labute approximate surface area is 144 Å². The Morgan fingerprint density at radius 3 is 2.75 bits per heavy atom. The summed E-state index contributed by atoms with van der Waals surface area (Å²) in [5.41, 5.74) is 4.30. The lowest BCUT2D eigenvalue weighted by molar-refractivity contribution is 0.0785. The lowest BCUT2D eigenvalue weighted by Gasteiger charge is -2.16. The summed E-state index contributed by atoms with van der Waals surface area (Å²) in [6, 6.07) is 7.16. The Hall–Kier alpha value is -2.67. The zero-order valence-electron chi connectivity index (χ0n) is 13.5. The van der Waals surface area contributed by atoms with E-state index < -0.39 is 0 Å². The number of carbonyl (C=O) groups is 1. The lowest BCUT2D eigenvalue weighted by Crippen LogP contribution is -2.25. The fourth-order valence-electron chi connectivity index (χ4n) is 2.28. The van der Waals surface area contributed by atoms with Gasteiger partial charge in [-0.15, -0.1) is 11.3 Å². The van der Waals surface area contributed by atoms with E-state index in [-0.39, 0.29) is 5.91 Å². The Morgan fingerprint density at radius 2 is 2.12 bits per heavy atom. The third kappa shape index (κ3) is 3.99. The highest BCUT2D eigenvalue weighted by Gasteiger charge is 2.13. The molecule has 0 saturated heterocycles. The number of aryl methyl sites for hydroxylation is 1. The molecule has 0 spiro atoms. The van der Waals surface area contributed by atoms with Crippen LogP contribution in [0, 0.1) is 0 Å². The molecule has 3 aromatic rings. The van der Waals surface area contributed by atoms with Crippen molar-refractivity contribution in [3.63, 3.8) is 0 Å². The van der Waals surface area contributed by atoms with E-state index in [4.69, 9.17) is 4.74 Å². The number of hydrogen-bond donors (Lipinski definition) is 0. The third-order valence-electron chi connectivity index (χ3n) is 3.50. The number of ether oxygens (including phenoxy) is 1. The standard InChI is InChI=1S/C17H18N4O2S/c1-20(8-13-7-19-21(2)9-13)17(22)14-3-5-16(6-4-14)23-10-15-11-24-12-18-15/h3-7,9,11-12H,8,10H2,1-2H3. The minimum absolute atomic E-state index is 0.0371. The van der Waals surface area contributed by atoms with Crippen molar-refractivity contribution in [1.29, 1.82) is 0 Å². The van der Waals surface area contributed by atoms with Crippen LogP contribution in [-0.4, -0.2) is 32.6 Å². The van der Waals surface area contributed by atoms with Gasteiger partial charge in [-0.3, -0.25) is 9.48 Å². The molecule has 124 valence electrons. The first-order valence-corrected chi connectivity index (χ1v) is 8.39. The highest BCUT2D eigenvalue weighted by Crippen LogP contribution is 2.16. The predicted molar refractivity (Wildman–Crippen MR) is 91.9 cm³/mol. The summed E-state index contributed by atoms with van der Waals surface area (Å²) in [5, 5.41) is 6.06. The molecule has 0 saturated carbocycles. The minimum Gasteiger partial charge on any atom is -0.487 e. The maximum atomic E-state index is 12.5. The van der Waals surface area contributed by atoms with E-state index in [0.717, 1.165) is 17.0 Å². The van der Waals surface area contributed by atoms with E-state index >= 15 is 0 Å². The van der Waals surface area contributed by atoms with E-state index in [1.165, 1.54) is 11.3 Å². The molecule has 0 unspecified atom stereocenters. The van der Waals surface area contributed by atoms with Crippen LogP contribution in [0.15, 0.2) is 47.5 Å². The summed E-state index contributed by atoms with van der Waals surface area (Å²) in [6.07, 6.45) is 3.67. The zero-order valence-corrected chi connectivity index (χ0v) is 14.4. The molecule has 0 aliphatic heterocycles. The summed E-state index contributed by atoms with van der Waals surface area (Å²) < 4.78 is 7.38. The molecule has 0 atom stereocenters. The van der Waals surface area contributed by atoms with Gasteiger partial charge in [-0.2, -0.15) is 5.10 Å². The Morgan fingerprint density at radius 1 is 1.33 bits per heavy atom. The van der Waals surface area contributed by atoms with Gasteiger partial charge in [0.25, 0.3) is 5.91 Å². The average Bonchev–Trinajstić information content (AvgIpc) is 3.24. The molecule has 0 aliphatic carbocycles. The summed E-state index contributed by atoms with van der Waals surface area (Å²) in [5.74, 6) is 0.680. The maximum absolute atomic E-state index is 12.5. The van der Waals surface area contributed by atoms with E-state index in [1.807, 2.05) is 18.6 Å². The van der Waals surface area contributed by atoms with Crippen LogP contribution in [0.4, 0.5) is 0 Å². The smallest absolute Gasteiger partial charge is 0.253 e. The van der Waals surface area contributed by atoms with Crippen LogP contribution < -0.4 is 4.74 Å². The highest BCUT2D eigenvalue weighted by atomic mass is 32.1. The number of aromatic nitrogens is 3. The summed E-state index contributed by atoms with van der Waals surface area (Å²) in [6.45, 7) is 0.951. The Kier molecular flexibility index (Phi) is 4.90. The molecule has 1 aromatic carbocycles. The first-order chi connectivity index (χ1) is 11.6. The van der Waals surface area contributed by atoms with Crippen LogP contribution in [0.5, 0.6) is 5.75 Å². The number of benzene rings is 1. The molecule has 3 rings (SSSR count). The van der Waals surface area contributed by atoms with Crippen LogP contribution in [0.3, 0.4) is 0 Å². The quantitative estimate of drug-likeness (QED) is 0.691. The van der Waals surface area contributed by atoms with Gasteiger partial charge in [0, 0.05) is 43.3 Å². The number of amides is 1. The second-order valence-corrected chi connectivity index (χ2v) is 6.19. The van der Waals surface area contributed by atoms with Crippen molar-refractivity contribution in [3.05, 3.63) is 64.4 Å². The second kappa shape index (κ2) is 7.27. The highest BCUT2D eigenvalue weighted by molar-refractivity contribution is 7.07. The van der Waals surface area contributed by atoms with Crippen molar-refractivity contribution in [2.75, 3.05) is 7.05 Å². The van der Waals surface area contributed by atoms with Gasteiger partial charge in [-0.25, -0.2) is 4.98 Å². The fourth-order valence-corrected chi connectivity index (χ4v) is 2.82. The molecule has 2 aromatic heterocycles. The van der Waals surface area contributed by atoms with Crippen molar-refractivity contribution >= 4 is 17.2 Å². The van der Waals surface area contributed by atoms with Crippen LogP contribution in [-0.2, 0) is 20.2 Å². The van der Waals surface area contributed by atoms with Crippen LogP contribution >= 0.6 is 11.3 Å². The van der Waals surface area contributed by atoms with Gasteiger partial charge < -0.3 is 9.64 Å². The number of thiazole rings is 1. The summed E-state index contributed by atoms with van der Waals surface area (Å²) >= 11 is 1.54. The van der Waals surface area contributed by atoms with Gasteiger partial charge in [-0.05, 0) is 24.3 Å². The molecule has 0 fully saturated rings. The van der Waals surface area contributed by atoms with Gasteiger partial charge in [0.05, 0.1) is 17.4 Å². The molecule has 0 N–H and O–H groups in total. The molecule has 1 amide bonds. The number of nitrogens with zero attached hydrogens (tertiary/aromatic N) is 4. The molecular formula is C17H18N4O2S. The summed E-state index contributed by atoms with van der Waals surface area (Å²) in [7, 11) is 3.64. The van der Waals surface area contributed by atoms with Gasteiger partial charge in [0.2, 0.25) is 0 Å². The van der Waals surface area contributed by atoms with E-state index in [1.54, 1.807) is 52.6 Å². The van der Waals surface area contributed by atoms with Crippen LogP contribution in [0.1, 0.15) is 21.6 Å². The minimum atomic E-state index is -0.0371. The van der Waals surface area contributed by atoms with Gasteiger partial charge in [-0.1, -0.05) is 0 Å². The maximum Gasteiger partial charge on any atom is 0.253 e. The monoisotopic (exact) mass is 342 g/mol. The molecule has 0 radical (unpaired) electrons. The van der Waals surface area contributed by atoms with E-state index in [0.29, 0.717) is 18.7 Å². The van der Waals surface area contributed by atoms with Crippen molar-refractivity contribution in [2.45, 2.75) is 13.2 Å². The molecular weight excluding hydrogens is 324 g/mol. The van der Waals surface area contributed by atoms with Crippen LogP contribution in [0.25, 0.3) is 0 Å². The van der Waals surface area contributed by atoms with Crippen molar-refractivity contribution < 1.29 is 9.53 Å². The van der Waals surface area contributed by atoms with Gasteiger partial charge >= 0.3 is 0 Å². The van der Waals surface area contributed by atoms with Crippen molar-refractivity contribution in [1.82, 2.24) is 19.7 Å². The topological polar surface area (TPSA) is 60.2 Å². The Balaban J connectivity index is 1.58. The molecule has 2 heterocycles. The van der Waals surface area contributed by atoms with Crippen LogP contribution in [0.2, 0.25) is 0 Å². The molecule has 6 nitrogen and oxygen atoms in total. The van der Waals surface area contributed by atoms with Crippen molar-refractivity contribution in [3.8, 4) is 5.75 Å². The molecule has 0 aliphatic rings. The first-order valence-electron chi connectivity index (χ1n) is 7.45. The largest absolute Gasteiger partial charge is 0.487 e. The second-order valence-electron chi connectivity index (χ2n) is 5.48. The number of carbonyl (C=O) groups excluding carboxylic acids is 1. The lowest BCUT2D eigenvalue weighted by atomic mass is 10.2. The number of rotatable bonds is 6. The first kappa shape index (κ1) is 16.2. The Bertz CT molecular complexity index is 796. The number of hydrogen-bond acceptors (Lipinski definition) is 5.